The van der Waals surface area contributed by atoms with Crippen molar-refractivity contribution in [1.29, 1.82) is 0 Å². The van der Waals surface area contributed by atoms with Crippen molar-refractivity contribution in [1.82, 2.24) is 9.97 Å². The molecule has 4 aliphatic rings. The predicted molar refractivity (Wildman–Crippen MR) is 152 cm³/mol. The Morgan fingerprint density at radius 2 is 1.75 bits per heavy atom. The number of ketones is 1. The minimum absolute atomic E-state index is 0.0694. The molecule has 0 saturated heterocycles. The molecule has 4 nitrogen and oxygen atoms in total. The molecule has 2 aromatic rings. The molecule has 210 valence electrons. The van der Waals surface area contributed by atoms with Crippen molar-refractivity contribution < 1.29 is 18.7 Å². The Morgan fingerprint density at radius 1 is 1.05 bits per heavy atom. The van der Waals surface area contributed by atoms with Crippen molar-refractivity contribution in [3.05, 3.63) is 70.8 Å². The average molecular weight is 545 g/mol. The molecule has 5 unspecified atom stereocenters. The number of aliphatic hydroxyl groups is 1. The third kappa shape index (κ3) is 5.17. The van der Waals surface area contributed by atoms with Crippen LogP contribution in [-0.2, 0) is 4.79 Å². The number of nitrogens with zero attached hydrogens (tertiary/aromatic N) is 2. The van der Waals surface area contributed by atoms with Gasteiger partial charge in [0.15, 0.2) is 5.78 Å². The van der Waals surface area contributed by atoms with Crippen LogP contribution >= 0.6 is 0 Å². The van der Waals surface area contributed by atoms with E-state index in [4.69, 9.17) is 6.42 Å². The van der Waals surface area contributed by atoms with Gasteiger partial charge in [0.25, 0.3) is 0 Å². The van der Waals surface area contributed by atoms with Gasteiger partial charge in [-0.3, -0.25) is 4.79 Å². The average Bonchev–Trinajstić information content (AvgIpc) is 3.23. The molecule has 0 spiro atoms. The summed E-state index contributed by atoms with van der Waals surface area (Å²) in [6.45, 7) is 8.15. The zero-order chi connectivity index (χ0) is 28.8. The predicted octanol–water partition coefficient (Wildman–Crippen LogP) is 7.35. The van der Waals surface area contributed by atoms with Crippen LogP contribution in [-0.4, -0.2) is 27.0 Å². The van der Waals surface area contributed by atoms with Crippen LogP contribution in [0.2, 0.25) is 0 Å². The van der Waals surface area contributed by atoms with E-state index in [1.54, 1.807) is 6.08 Å². The molecular weight excluding hydrogens is 506 g/mol. The van der Waals surface area contributed by atoms with Gasteiger partial charge in [-0.15, -0.1) is 12.3 Å². The van der Waals surface area contributed by atoms with Crippen molar-refractivity contribution >= 4 is 5.78 Å². The van der Waals surface area contributed by atoms with Gasteiger partial charge >= 0.3 is 0 Å². The van der Waals surface area contributed by atoms with Crippen LogP contribution in [0.15, 0.2) is 53.6 Å². The number of terminal acetylenes is 1. The molecule has 5 atom stereocenters. The number of rotatable bonds is 2. The molecule has 4 aliphatic carbocycles. The third-order valence-electron chi connectivity index (χ3n) is 9.45. The number of halogens is 2. The molecule has 1 N–H and O–H groups in total. The summed E-state index contributed by atoms with van der Waals surface area (Å²) in [6.07, 6.45) is 15.8. The van der Waals surface area contributed by atoms with Gasteiger partial charge in [-0.2, -0.15) is 0 Å². The smallest absolute Gasteiger partial charge is 0.156 e. The fraction of sp³-hybridized carbons (Fsp3) is 0.500. The second-order valence-corrected chi connectivity index (χ2v) is 13.1. The number of fused-ring (bicyclic) bond motifs is 4. The Morgan fingerprint density at radius 3 is 2.42 bits per heavy atom. The van der Waals surface area contributed by atoms with Gasteiger partial charge in [0.2, 0.25) is 0 Å². The zero-order valence-corrected chi connectivity index (χ0v) is 23.8. The zero-order valence-electron chi connectivity index (χ0n) is 23.8. The Hall–Kier alpha value is -3.17. The van der Waals surface area contributed by atoms with Crippen molar-refractivity contribution in [2.45, 2.75) is 84.7 Å². The van der Waals surface area contributed by atoms with Crippen molar-refractivity contribution in [3.8, 4) is 23.5 Å². The minimum atomic E-state index is -0.502. The third-order valence-corrected chi connectivity index (χ3v) is 9.45. The van der Waals surface area contributed by atoms with E-state index < -0.39 is 17.7 Å². The van der Waals surface area contributed by atoms with Crippen molar-refractivity contribution in [2.75, 3.05) is 0 Å². The lowest BCUT2D eigenvalue weighted by molar-refractivity contribution is -0.114. The fourth-order valence-electron chi connectivity index (χ4n) is 7.40. The summed E-state index contributed by atoms with van der Waals surface area (Å²) in [7, 11) is 0. The highest BCUT2D eigenvalue weighted by Crippen LogP contribution is 2.64. The quantitative estimate of drug-likeness (QED) is 0.402. The Kier molecular flexibility index (Phi) is 7.56. The lowest BCUT2D eigenvalue weighted by Gasteiger charge is -2.52. The van der Waals surface area contributed by atoms with E-state index in [2.05, 4.69) is 22.8 Å². The molecule has 6 rings (SSSR count). The molecule has 0 radical (unpaired) electrons. The summed E-state index contributed by atoms with van der Waals surface area (Å²) >= 11 is 0. The normalized spacial score (nSPS) is 29.4. The minimum Gasteiger partial charge on any atom is -0.393 e. The number of hydrogen-bond donors (Lipinski definition) is 1. The molecule has 40 heavy (non-hydrogen) atoms. The van der Waals surface area contributed by atoms with Crippen LogP contribution in [0.25, 0.3) is 11.1 Å². The lowest BCUT2D eigenvalue weighted by atomic mass is 9.53. The topological polar surface area (TPSA) is 63.1 Å². The van der Waals surface area contributed by atoms with Crippen LogP contribution in [0.3, 0.4) is 0 Å². The second kappa shape index (κ2) is 10.7. The number of aliphatic hydroxyl groups excluding tert-OH is 1. The van der Waals surface area contributed by atoms with Crippen LogP contribution in [0.1, 0.15) is 84.1 Å². The van der Waals surface area contributed by atoms with Gasteiger partial charge in [0.1, 0.15) is 18.0 Å². The van der Waals surface area contributed by atoms with Crippen molar-refractivity contribution in [2.24, 2.45) is 22.7 Å². The largest absolute Gasteiger partial charge is 0.393 e. The Bertz CT molecular complexity index is 1420. The Balaban J connectivity index is 0.000000487. The molecular formula is C34H38F2N2O2. The fourth-order valence-corrected chi connectivity index (χ4v) is 7.40. The standard InChI is InChI=1S/C28H28F2N2O2.C6H10/c1-28-11-22(21-10-24(29)20(9-25(21)30)16-12-31-14-32-13-16)27-18-5-3-17(33)8-15(18)2-4-19(27)23(28)6-7-26(28)34;1-5-6(2,3)4/h8-10,12-14,19,22-23,26,34H,2-7,11H2,1H3;1H,2-4H3. The highest BCUT2D eigenvalue weighted by molar-refractivity contribution is 5.93. The Labute approximate surface area is 236 Å². The first kappa shape index (κ1) is 28.4. The van der Waals surface area contributed by atoms with E-state index in [0.717, 1.165) is 31.3 Å². The highest BCUT2D eigenvalue weighted by Gasteiger charge is 2.56. The number of benzene rings is 1. The number of carbonyl (C=O) groups is 1. The van der Waals surface area contributed by atoms with E-state index in [0.29, 0.717) is 36.3 Å². The molecule has 1 aromatic carbocycles. The summed E-state index contributed by atoms with van der Waals surface area (Å²) in [5.74, 6) is 2.04. The molecule has 0 bridgehead atoms. The second-order valence-electron chi connectivity index (χ2n) is 13.1. The SMILES string of the molecule is C#CC(C)(C)C.CC12CC(c3cc(F)c(-c4cncnc4)cc3F)C3=C4CCC(=O)C=C4CCC3C1CCC2O. The van der Waals surface area contributed by atoms with Crippen LogP contribution in [0.4, 0.5) is 8.78 Å². The van der Waals surface area contributed by atoms with E-state index in [-0.39, 0.29) is 34.0 Å². The number of hydrogen-bond acceptors (Lipinski definition) is 4. The van der Waals surface area contributed by atoms with Gasteiger partial charge in [-0.25, -0.2) is 18.7 Å². The molecule has 2 saturated carbocycles. The molecule has 0 aliphatic heterocycles. The molecule has 1 aromatic heterocycles. The van der Waals surface area contributed by atoms with Gasteiger partial charge in [-0.1, -0.05) is 12.5 Å². The number of aromatic nitrogens is 2. The first-order valence-electron chi connectivity index (χ1n) is 14.3. The van der Waals surface area contributed by atoms with Gasteiger partial charge < -0.3 is 5.11 Å². The maximum absolute atomic E-state index is 15.7. The summed E-state index contributed by atoms with van der Waals surface area (Å²) in [4.78, 5) is 20.0. The van der Waals surface area contributed by atoms with Gasteiger partial charge in [0.05, 0.1) is 6.10 Å². The monoisotopic (exact) mass is 544 g/mol. The van der Waals surface area contributed by atoms with Gasteiger partial charge in [-0.05, 0) is 111 Å². The number of allylic oxidation sites excluding steroid dienone is 4. The maximum atomic E-state index is 15.7. The summed E-state index contributed by atoms with van der Waals surface area (Å²) in [5.41, 5.74) is 4.11. The summed E-state index contributed by atoms with van der Waals surface area (Å²) in [6, 6.07) is 2.59. The highest BCUT2D eigenvalue weighted by atomic mass is 19.1. The van der Waals surface area contributed by atoms with Crippen LogP contribution < -0.4 is 0 Å². The van der Waals surface area contributed by atoms with Crippen molar-refractivity contribution in [3.63, 3.8) is 0 Å². The molecule has 6 heteroatoms. The maximum Gasteiger partial charge on any atom is 0.156 e. The summed E-state index contributed by atoms with van der Waals surface area (Å²) in [5, 5.41) is 11.0. The van der Waals surface area contributed by atoms with E-state index in [1.165, 1.54) is 42.0 Å². The number of carbonyl (C=O) groups excluding carboxylic acids is 1. The first-order valence-corrected chi connectivity index (χ1v) is 14.3. The van der Waals surface area contributed by atoms with Crippen LogP contribution in [0.5, 0.6) is 0 Å². The first-order chi connectivity index (χ1) is 18.9. The van der Waals surface area contributed by atoms with Gasteiger partial charge in [0, 0.05) is 41.3 Å². The summed E-state index contributed by atoms with van der Waals surface area (Å²) < 4.78 is 31.1. The molecule has 0 amide bonds. The molecule has 2 fully saturated rings. The van der Waals surface area contributed by atoms with E-state index >= 15 is 8.78 Å². The van der Waals surface area contributed by atoms with E-state index in [9.17, 15) is 9.90 Å². The van der Waals surface area contributed by atoms with E-state index in [1.807, 2.05) is 20.8 Å². The van der Waals surface area contributed by atoms with Crippen LogP contribution in [0, 0.1) is 46.6 Å². The lowest BCUT2D eigenvalue weighted by Crippen LogP contribution is -2.45. The molecule has 1 heterocycles.